The van der Waals surface area contributed by atoms with Gasteiger partial charge in [-0.1, -0.05) is 13.0 Å². The second kappa shape index (κ2) is 9.85. The van der Waals surface area contributed by atoms with Crippen molar-refractivity contribution >= 4 is 11.8 Å². The predicted molar refractivity (Wildman–Crippen MR) is 106 cm³/mol. The molecule has 0 aromatic carbocycles. The topological polar surface area (TPSA) is 65.7 Å². The molecule has 3 heterocycles. The molecule has 2 aromatic rings. The van der Waals surface area contributed by atoms with Crippen molar-refractivity contribution in [3.05, 3.63) is 48.6 Å². The van der Waals surface area contributed by atoms with Crippen LogP contribution in [0.3, 0.4) is 0 Å². The molecule has 0 radical (unpaired) electrons. The van der Waals surface area contributed by atoms with Crippen molar-refractivity contribution in [2.24, 2.45) is 4.99 Å². The Morgan fingerprint density at radius 1 is 1.27 bits per heavy atom. The Bertz CT molecular complexity index is 648. The summed E-state index contributed by atoms with van der Waals surface area (Å²) >= 11 is 0. The molecule has 1 saturated heterocycles. The fourth-order valence-corrected chi connectivity index (χ4v) is 3.12. The van der Waals surface area contributed by atoms with Crippen LogP contribution in [0, 0.1) is 0 Å². The minimum atomic E-state index is 0.446. The van der Waals surface area contributed by atoms with Crippen molar-refractivity contribution in [3.8, 4) is 0 Å². The molecule has 0 spiro atoms. The van der Waals surface area contributed by atoms with Gasteiger partial charge in [0.25, 0.3) is 0 Å². The molecule has 0 unspecified atom stereocenters. The number of hydrogen-bond donors (Lipinski definition) is 2. The van der Waals surface area contributed by atoms with Gasteiger partial charge in [-0.15, -0.1) is 0 Å². The highest BCUT2D eigenvalue weighted by Crippen LogP contribution is 2.17. The Kier molecular flexibility index (Phi) is 6.93. The average Bonchev–Trinajstić information content (AvgIpc) is 3.21. The van der Waals surface area contributed by atoms with Crippen LogP contribution in [0.15, 0.2) is 52.2 Å². The first-order chi connectivity index (χ1) is 12.8. The van der Waals surface area contributed by atoms with E-state index in [9.17, 15) is 0 Å². The zero-order chi connectivity index (χ0) is 18.0. The summed E-state index contributed by atoms with van der Waals surface area (Å²) in [6, 6.07) is 10.5. The van der Waals surface area contributed by atoms with E-state index in [1.54, 1.807) is 6.26 Å². The molecule has 1 aliphatic rings. The van der Waals surface area contributed by atoms with Crippen LogP contribution in [0.1, 0.15) is 31.9 Å². The number of rotatable bonds is 7. The molecule has 2 aromatic heterocycles. The number of pyridine rings is 1. The minimum Gasteiger partial charge on any atom is -0.469 e. The highest BCUT2D eigenvalue weighted by molar-refractivity contribution is 5.80. The largest absolute Gasteiger partial charge is 0.469 e. The van der Waals surface area contributed by atoms with Gasteiger partial charge in [-0.25, -0.2) is 4.98 Å². The van der Waals surface area contributed by atoms with Crippen molar-refractivity contribution < 1.29 is 4.42 Å². The standard InChI is InChI=1S/C20H29N5O/c1-2-11-22-20(23-13-8-18-6-5-16-26-18)24-17-9-14-25(15-10-17)19-7-3-4-12-21-19/h3-7,12,16-17H,2,8-11,13-15H2,1H3,(H2,22,23,24). The summed E-state index contributed by atoms with van der Waals surface area (Å²) in [4.78, 5) is 11.5. The zero-order valence-electron chi connectivity index (χ0n) is 15.5. The SMILES string of the molecule is CCCN=C(NCCc1ccco1)NC1CCN(c2ccccn2)CC1. The van der Waals surface area contributed by atoms with E-state index in [1.165, 1.54) is 0 Å². The number of aromatic nitrogens is 1. The van der Waals surface area contributed by atoms with E-state index < -0.39 is 0 Å². The highest BCUT2D eigenvalue weighted by atomic mass is 16.3. The normalized spacial score (nSPS) is 15.9. The summed E-state index contributed by atoms with van der Waals surface area (Å²) in [7, 11) is 0. The molecule has 6 heteroatoms. The number of hydrogen-bond acceptors (Lipinski definition) is 4. The summed E-state index contributed by atoms with van der Waals surface area (Å²) in [6.45, 7) is 5.83. The van der Waals surface area contributed by atoms with Crippen molar-refractivity contribution in [1.82, 2.24) is 15.6 Å². The first kappa shape index (κ1) is 18.3. The quantitative estimate of drug-likeness (QED) is 0.591. The van der Waals surface area contributed by atoms with Gasteiger partial charge in [-0.3, -0.25) is 4.99 Å². The summed E-state index contributed by atoms with van der Waals surface area (Å²) < 4.78 is 5.39. The lowest BCUT2D eigenvalue weighted by molar-refractivity contribution is 0.458. The van der Waals surface area contributed by atoms with Crippen molar-refractivity contribution in [1.29, 1.82) is 0 Å². The number of aliphatic imine (C=N–C) groups is 1. The fourth-order valence-electron chi connectivity index (χ4n) is 3.12. The molecule has 2 N–H and O–H groups in total. The van der Waals surface area contributed by atoms with Crippen LogP contribution in [-0.4, -0.2) is 43.2 Å². The molecule has 0 saturated carbocycles. The van der Waals surface area contributed by atoms with E-state index in [0.29, 0.717) is 6.04 Å². The van der Waals surface area contributed by atoms with Crippen molar-refractivity contribution in [2.45, 2.75) is 38.6 Å². The van der Waals surface area contributed by atoms with Crippen LogP contribution in [-0.2, 0) is 6.42 Å². The van der Waals surface area contributed by atoms with Gasteiger partial charge in [0.05, 0.1) is 6.26 Å². The van der Waals surface area contributed by atoms with Gasteiger partial charge in [-0.05, 0) is 43.5 Å². The minimum absolute atomic E-state index is 0.446. The van der Waals surface area contributed by atoms with E-state index in [1.807, 2.05) is 30.5 Å². The van der Waals surface area contributed by atoms with Gasteiger partial charge in [0.2, 0.25) is 0 Å². The molecule has 1 fully saturated rings. The number of guanidine groups is 1. The number of anilines is 1. The summed E-state index contributed by atoms with van der Waals surface area (Å²) in [5, 5.41) is 7.04. The van der Waals surface area contributed by atoms with Crippen LogP contribution in [0.5, 0.6) is 0 Å². The van der Waals surface area contributed by atoms with Gasteiger partial charge >= 0.3 is 0 Å². The van der Waals surface area contributed by atoms with Gasteiger partial charge in [0.15, 0.2) is 5.96 Å². The van der Waals surface area contributed by atoms with Crippen LogP contribution < -0.4 is 15.5 Å². The summed E-state index contributed by atoms with van der Waals surface area (Å²) in [5.74, 6) is 2.98. The first-order valence-electron chi connectivity index (χ1n) is 9.58. The van der Waals surface area contributed by atoms with Crippen molar-refractivity contribution in [3.63, 3.8) is 0 Å². The monoisotopic (exact) mass is 355 g/mol. The van der Waals surface area contributed by atoms with Gasteiger partial charge in [0.1, 0.15) is 11.6 Å². The van der Waals surface area contributed by atoms with Crippen LogP contribution >= 0.6 is 0 Å². The lowest BCUT2D eigenvalue weighted by Crippen LogP contribution is -2.49. The second-order valence-corrected chi connectivity index (χ2v) is 6.58. The number of nitrogens with zero attached hydrogens (tertiary/aromatic N) is 3. The molecule has 3 rings (SSSR count). The molecule has 0 aliphatic carbocycles. The third-order valence-electron chi connectivity index (χ3n) is 4.55. The Balaban J connectivity index is 1.46. The number of nitrogens with one attached hydrogen (secondary N) is 2. The maximum Gasteiger partial charge on any atom is 0.191 e. The first-order valence-corrected chi connectivity index (χ1v) is 9.58. The molecule has 26 heavy (non-hydrogen) atoms. The van der Waals surface area contributed by atoms with Gasteiger partial charge < -0.3 is 20.0 Å². The second-order valence-electron chi connectivity index (χ2n) is 6.58. The highest BCUT2D eigenvalue weighted by Gasteiger charge is 2.20. The smallest absolute Gasteiger partial charge is 0.191 e. The van der Waals surface area contributed by atoms with E-state index in [2.05, 4.69) is 38.5 Å². The maximum absolute atomic E-state index is 5.39. The van der Waals surface area contributed by atoms with E-state index >= 15 is 0 Å². The third kappa shape index (κ3) is 5.51. The van der Waals surface area contributed by atoms with Gasteiger partial charge in [-0.2, -0.15) is 0 Å². The molecule has 0 bridgehead atoms. The van der Waals surface area contributed by atoms with Crippen LogP contribution in [0.25, 0.3) is 0 Å². The van der Waals surface area contributed by atoms with Crippen LogP contribution in [0.4, 0.5) is 5.82 Å². The number of piperidine rings is 1. The fraction of sp³-hybridized carbons (Fsp3) is 0.500. The summed E-state index contributed by atoms with van der Waals surface area (Å²) in [5.41, 5.74) is 0. The average molecular weight is 355 g/mol. The Labute approximate surface area is 155 Å². The predicted octanol–water partition coefficient (Wildman–Crippen LogP) is 2.83. The Hall–Kier alpha value is -2.50. The van der Waals surface area contributed by atoms with E-state index in [4.69, 9.17) is 4.42 Å². The lowest BCUT2D eigenvalue weighted by atomic mass is 10.1. The zero-order valence-corrected chi connectivity index (χ0v) is 15.5. The third-order valence-corrected chi connectivity index (χ3v) is 4.55. The molecular formula is C20H29N5O. The molecule has 0 amide bonds. The Morgan fingerprint density at radius 3 is 2.85 bits per heavy atom. The lowest BCUT2D eigenvalue weighted by Gasteiger charge is -2.33. The number of furan rings is 1. The summed E-state index contributed by atoms with van der Waals surface area (Å²) in [6.07, 6.45) is 7.65. The Morgan fingerprint density at radius 2 is 2.15 bits per heavy atom. The van der Waals surface area contributed by atoms with Crippen LogP contribution in [0.2, 0.25) is 0 Å². The van der Waals surface area contributed by atoms with E-state index in [0.717, 1.165) is 69.4 Å². The molecule has 140 valence electrons. The maximum atomic E-state index is 5.39. The van der Waals surface area contributed by atoms with E-state index in [-0.39, 0.29) is 0 Å². The molecule has 6 nitrogen and oxygen atoms in total. The van der Waals surface area contributed by atoms with Gasteiger partial charge in [0, 0.05) is 44.8 Å². The molecule has 1 aliphatic heterocycles. The molecular weight excluding hydrogens is 326 g/mol. The van der Waals surface area contributed by atoms with Crippen molar-refractivity contribution in [2.75, 3.05) is 31.1 Å². The molecule has 0 atom stereocenters.